The van der Waals surface area contributed by atoms with E-state index in [1.807, 2.05) is 17.9 Å². The van der Waals surface area contributed by atoms with Crippen LogP contribution in [0.25, 0.3) is 0 Å². The Morgan fingerprint density at radius 2 is 1.75 bits per heavy atom. The van der Waals surface area contributed by atoms with Gasteiger partial charge in [-0.1, -0.05) is 24.4 Å². The number of halogens is 1. The van der Waals surface area contributed by atoms with Crippen LogP contribution in [0.4, 0.5) is 0 Å². The van der Waals surface area contributed by atoms with Gasteiger partial charge in [0, 0.05) is 23.8 Å². The van der Waals surface area contributed by atoms with Crippen molar-refractivity contribution in [3.63, 3.8) is 0 Å². The van der Waals surface area contributed by atoms with Crippen molar-refractivity contribution in [2.75, 3.05) is 26.0 Å². The molecule has 1 aliphatic carbocycles. The Balaban J connectivity index is 1.59. The van der Waals surface area contributed by atoms with Crippen molar-refractivity contribution >= 4 is 27.3 Å². The first-order valence-electron chi connectivity index (χ1n) is 10.9. The number of amides is 1. The van der Waals surface area contributed by atoms with Crippen molar-refractivity contribution in [2.45, 2.75) is 49.0 Å². The number of ether oxygens (including phenoxy) is 2. The molecule has 1 saturated carbocycles. The Kier molecular flexibility index (Phi) is 5.17. The van der Waals surface area contributed by atoms with Gasteiger partial charge in [-0.2, -0.15) is 0 Å². The summed E-state index contributed by atoms with van der Waals surface area (Å²) in [6.45, 7) is 3.66. The molecule has 32 heavy (non-hydrogen) atoms. The molecule has 170 valence electrons. The minimum absolute atomic E-state index is 0.0229. The summed E-state index contributed by atoms with van der Waals surface area (Å²) < 4.78 is 36.0. The zero-order chi connectivity index (χ0) is 22.7. The van der Waals surface area contributed by atoms with E-state index in [1.54, 1.807) is 6.07 Å². The molecular weight excluding hydrogens is 450 g/mol. The smallest absolute Gasteiger partial charge is 0.254 e. The van der Waals surface area contributed by atoms with E-state index in [2.05, 4.69) is 6.07 Å². The molecule has 1 unspecified atom stereocenters. The van der Waals surface area contributed by atoms with Gasteiger partial charge < -0.3 is 14.4 Å². The third-order valence-electron chi connectivity index (χ3n) is 7.08. The maximum Gasteiger partial charge on any atom is 0.254 e. The van der Waals surface area contributed by atoms with Crippen LogP contribution < -0.4 is 9.47 Å². The van der Waals surface area contributed by atoms with Gasteiger partial charge in [0.15, 0.2) is 21.3 Å². The molecule has 0 aromatic heterocycles. The van der Waals surface area contributed by atoms with Gasteiger partial charge in [0.2, 0.25) is 0 Å². The lowest BCUT2D eigenvalue weighted by atomic mass is 9.71. The second kappa shape index (κ2) is 7.66. The molecule has 0 bridgehead atoms. The molecule has 2 aliphatic heterocycles. The van der Waals surface area contributed by atoms with Crippen LogP contribution in [0.2, 0.25) is 5.02 Å². The monoisotopic (exact) mass is 475 g/mol. The van der Waals surface area contributed by atoms with E-state index in [0.29, 0.717) is 25.3 Å². The summed E-state index contributed by atoms with van der Waals surface area (Å²) in [5, 5.41) is 0.122. The van der Waals surface area contributed by atoms with Gasteiger partial charge in [-0.3, -0.25) is 4.79 Å². The number of rotatable bonds is 2. The lowest BCUT2D eigenvalue weighted by Crippen LogP contribution is -2.48. The number of sulfone groups is 1. The Bertz CT molecular complexity index is 1200. The van der Waals surface area contributed by atoms with Gasteiger partial charge >= 0.3 is 0 Å². The summed E-state index contributed by atoms with van der Waals surface area (Å²) in [7, 11) is -3.55. The van der Waals surface area contributed by atoms with Crippen molar-refractivity contribution in [1.29, 1.82) is 0 Å². The zero-order valence-electron chi connectivity index (χ0n) is 18.2. The maximum atomic E-state index is 13.7. The van der Waals surface area contributed by atoms with Crippen molar-refractivity contribution < 1.29 is 22.7 Å². The number of benzene rings is 2. The number of nitrogens with zero attached hydrogens (tertiary/aromatic N) is 1. The minimum atomic E-state index is -3.55. The van der Waals surface area contributed by atoms with E-state index in [9.17, 15) is 13.2 Å². The number of fused-ring (bicyclic) bond motifs is 3. The van der Waals surface area contributed by atoms with Crippen LogP contribution in [0, 0.1) is 0 Å². The second-order valence-corrected chi connectivity index (χ2v) is 11.5. The highest BCUT2D eigenvalue weighted by molar-refractivity contribution is 7.90. The molecule has 2 heterocycles. The first-order chi connectivity index (χ1) is 15.2. The van der Waals surface area contributed by atoms with E-state index in [1.165, 1.54) is 17.7 Å². The molecule has 1 amide bonds. The number of carbonyl (C=O) groups excluding carboxylic acids is 1. The van der Waals surface area contributed by atoms with Crippen LogP contribution in [0.3, 0.4) is 0 Å². The Morgan fingerprint density at radius 3 is 2.41 bits per heavy atom. The van der Waals surface area contributed by atoms with Crippen LogP contribution in [0.15, 0.2) is 35.2 Å². The van der Waals surface area contributed by atoms with Gasteiger partial charge in [-0.25, -0.2) is 8.42 Å². The fraction of sp³-hybridized carbons (Fsp3) is 0.458. The highest BCUT2D eigenvalue weighted by Crippen LogP contribution is 2.52. The molecule has 8 heteroatoms. The molecule has 6 nitrogen and oxygen atoms in total. The van der Waals surface area contributed by atoms with Crippen molar-refractivity contribution in [1.82, 2.24) is 4.90 Å². The first kappa shape index (κ1) is 21.6. The third kappa shape index (κ3) is 3.46. The fourth-order valence-corrected chi connectivity index (χ4v) is 6.74. The summed E-state index contributed by atoms with van der Waals surface area (Å²) >= 11 is 6.10. The van der Waals surface area contributed by atoms with Gasteiger partial charge in [-0.05, 0) is 61.2 Å². The maximum absolute atomic E-state index is 13.7. The van der Waals surface area contributed by atoms with E-state index in [-0.39, 0.29) is 27.3 Å². The number of hydrogen-bond acceptors (Lipinski definition) is 5. The van der Waals surface area contributed by atoms with Gasteiger partial charge in [0.1, 0.15) is 13.2 Å². The third-order valence-corrected chi connectivity index (χ3v) is 8.65. The predicted molar refractivity (Wildman–Crippen MR) is 122 cm³/mol. The average Bonchev–Trinajstić information content (AvgIpc) is 3.24. The standard InChI is InChI=1S/C24H26ClNO5S/c1-15-17-12-20-21(31-10-9-30-20)13-18(17)24(7-3-4-8-24)14-26(15)23(27)16-5-6-19(25)22(11-16)32(2,28)29/h5-6,11-13,15H,3-4,7-10,14H2,1-2H3. The summed E-state index contributed by atoms with van der Waals surface area (Å²) in [4.78, 5) is 15.5. The lowest BCUT2D eigenvalue weighted by Gasteiger charge is -2.46. The topological polar surface area (TPSA) is 72.9 Å². The molecule has 2 aromatic rings. The van der Waals surface area contributed by atoms with E-state index < -0.39 is 9.84 Å². The molecule has 1 atom stereocenters. The highest BCUT2D eigenvalue weighted by atomic mass is 35.5. The molecule has 3 aliphatic rings. The summed E-state index contributed by atoms with van der Waals surface area (Å²) in [5.41, 5.74) is 2.53. The molecule has 0 saturated heterocycles. The number of carbonyl (C=O) groups is 1. The Hall–Kier alpha value is -2.25. The largest absolute Gasteiger partial charge is 0.486 e. The Morgan fingerprint density at radius 1 is 1.09 bits per heavy atom. The zero-order valence-corrected chi connectivity index (χ0v) is 19.8. The quantitative estimate of drug-likeness (QED) is 0.637. The van der Waals surface area contributed by atoms with E-state index in [0.717, 1.165) is 49.0 Å². The average molecular weight is 476 g/mol. The first-order valence-corrected chi connectivity index (χ1v) is 13.2. The molecule has 2 aromatic carbocycles. The summed E-state index contributed by atoms with van der Waals surface area (Å²) in [6.07, 6.45) is 5.34. The van der Waals surface area contributed by atoms with Crippen LogP contribution in [-0.4, -0.2) is 45.2 Å². The predicted octanol–water partition coefficient (Wildman–Crippen LogP) is 4.54. The van der Waals surface area contributed by atoms with Crippen molar-refractivity contribution in [3.8, 4) is 11.5 Å². The SMILES string of the molecule is CC1c2cc3c(cc2C2(CCCC2)CN1C(=O)c1ccc(Cl)c(S(C)(=O)=O)c1)OCCO3. The highest BCUT2D eigenvalue weighted by Gasteiger charge is 2.46. The van der Waals surface area contributed by atoms with Crippen LogP contribution >= 0.6 is 11.6 Å². The molecular formula is C24H26ClNO5S. The second-order valence-electron chi connectivity index (χ2n) is 9.10. The summed E-state index contributed by atoms with van der Waals surface area (Å²) in [6, 6.07) is 8.45. The van der Waals surface area contributed by atoms with Crippen LogP contribution in [0.5, 0.6) is 11.5 Å². The number of hydrogen-bond donors (Lipinski definition) is 0. The lowest BCUT2D eigenvalue weighted by molar-refractivity contribution is 0.0593. The Labute approximate surface area is 193 Å². The summed E-state index contributed by atoms with van der Waals surface area (Å²) in [5.74, 6) is 1.31. The van der Waals surface area contributed by atoms with Crippen LogP contribution in [0.1, 0.15) is 60.1 Å². The van der Waals surface area contributed by atoms with Crippen molar-refractivity contribution in [3.05, 3.63) is 52.0 Å². The fourth-order valence-electron chi connectivity index (χ4n) is 5.44. The van der Waals surface area contributed by atoms with Crippen molar-refractivity contribution in [2.24, 2.45) is 0 Å². The molecule has 0 radical (unpaired) electrons. The molecule has 1 fully saturated rings. The minimum Gasteiger partial charge on any atom is -0.486 e. The van der Waals surface area contributed by atoms with Crippen LogP contribution in [-0.2, 0) is 15.3 Å². The van der Waals surface area contributed by atoms with E-state index in [4.69, 9.17) is 21.1 Å². The van der Waals surface area contributed by atoms with Gasteiger partial charge in [-0.15, -0.1) is 0 Å². The molecule has 5 rings (SSSR count). The van der Waals surface area contributed by atoms with Gasteiger partial charge in [0.05, 0.1) is 16.0 Å². The normalized spacial score (nSPS) is 21.5. The van der Waals surface area contributed by atoms with E-state index >= 15 is 0 Å². The van der Waals surface area contributed by atoms with Gasteiger partial charge in [0.25, 0.3) is 5.91 Å². The molecule has 0 N–H and O–H groups in total. The molecule has 1 spiro atoms.